The first-order valence-electron chi connectivity index (χ1n) is 12.9. The molecule has 3 aliphatic rings. The largest absolute Gasteiger partial charge is 0.374 e. The topological polar surface area (TPSA) is 55.5 Å². The number of piperidine rings is 3. The zero-order valence-electron chi connectivity index (χ0n) is 20.5. The van der Waals surface area contributed by atoms with Crippen LogP contribution >= 0.6 is 0 Å². The van der Waals surface area contributed by atoms with Gasteiger partial charge in [-0.2, -0.15) is 0 Å². The SMILES string of the molecule is OC(c1ccccc1)(c1ccccc1)c1cc(C[N+]23CCC(CC2)[C@@H](OCc2ccccc2)C3)on1. The van der Waals surface area contributed by atoms with Gasteiger partial charge in [0.05, 0.1) is 19.7 Å². The fraction of sp³-hybridized carbons (Fsp3) is 0.323. The van der Waals surface area contributed by atoms with Crippen molar-refractivity contribution in [3.63, 3.8) is 0 Å². The van der Waals surface area contributed by atoms with E-state index in [0.717, 1.165) is 47.5 Å². The number of aromatic nitrogens is 1. The summed E-state index contributed by atoms with van der Waals surface area (Å²) in [7, 11) is 0. The van der Waals surface area contributed by atoms with E-state index in [0.29, 0.717) is 18.2 Å². The summed E-state index contributed by atoms with van der Waals surface area (Å²) >= 11 is 0. The molecule has 0 unspecified atom stereocenters. The monoisotopic (exact) mass is 481 g/mol. The molecule has 2 bridgehead atoms. The molecule has 3 aliphatic heterocycles. The van der Waals surface area contributed by atoms with Crippen molar-refractivity contribution in [1.29, 1.82) is 0 Å². The molecule has 1 aromatic heterocycles. The van der Waals surface area contributed by atoms with Crippen LogP contribution in [0.3, 0.4) is 0 Å². The molecule has 0 spiro atoms. The summed E-state index contributed by atoms with van der Waals surface area (Å²) in [6, 6.07) is 31.8. The van der Waals surface area contributed by atoms with Gasteiger partial charge in [0.1, 0.15) is 24.9 Å². The molecule has 0 amide bonds. The number of benzene rings is 3. The lowest BCUT2D eigenvalue weighted by atomic mass is 9.82. The van der Waals surface area contributed by atoms with Gasteiger partial charge < -0.3 is 18.8 Å². The number of hydrogen-bond donors (Lipinski definition) is 1. The quantitative estimate of drug-likeness (QED) is 0.348. The van der Waals surface area contributed by atoms with Crippen molar-refractivity contribution in [2.75, 3.05) is 19.6 Å². The minimum absolute atomic E-state index is 0.265. The van der Waals surface area contributed by atoms with Gasteiger partial charge in [0.2, 0.25) is 0 Å². The Bertz CT molecular complexity index is 1230. The van der Waals surface area contributed by atoms with Crippen LogP contribution in [0, 0.1) is 5.92 Å². The van der Waals surface area contributed by atoms with Crippen LogP contribution in [0.4, 0.5) is 0 Å². The summed E-state index contributed by atoms with van der Waals surface area (Å²) in [4.78, 5) is 0. The Morgan fingerprint density at radius 1 is 0.861 bits per heavy atom. The van der Waals surface area contributed by atoms with E-state index in [1.165, 1.54) is 18.4 Å². The second-order valence-corrected chi connectivity index (χ2v) is 10.4. The van der Waals surface area contributed by atoms with Gasteiger partial charge >= 0.3 is 0 Å². The molecule has 4 heterocycles. The highest BCUT2D eigenvalue weighted by molar-refractivity contribution is 5.44. The van der Waals surface area contributed by atoms with Crippen LogP contribution in [0.1, 0.15) is 41.0 Å². The van der Waals surface area contributed by atoms with E-state index in [1.807, 2.05) is 72.8 Å². The Morgan fingerprint density at radius 2 is 1.44 bits per heavy atom. The molecule has 36 heavy (non-hydrogen) atoms. The number of ether oxygens (including phenoxy) is 1. The number of aliphatic hydroxyl groups is 1. The standard InChI is InChI=1S/C31H33N2O3/c34-31(26-12-6-2-7-13-26,27-14-8-3-9-15-27)30-20-28(36-32-30)21-33-18-16-25(17-19-33)29(22-33)35-23-24-10-4-1-5-11-24/h1-15,20,25,29,34H,16-19,21-23H2/q+1/t25?,29-,33?/m0/s1. The maximum atomic E-state index is 12.0. The van der Waals surface area contributed by atoms with E-state index < -0.39 is 5.60 Å². The van der Waals surface area contributed by atoms with E-state index >= 15 is 0 Å². The predicted molar refractivity (Wildman–Crippen MR) is 138 cm³/mol. The van der Waals surface area contributed by atoms with Crippen LogP contribution in [0.5, 0.6) is 0 Å². The first-order valence-corrected chi connectivity index (χ1v) is 12.9. The van der Waals surface area contributed by atoms with Crippen LogP contribution < -0.4 is 0 Å². The summed E-state index contributed by atoms with van der Waals surface area (Å²) in [5.74, 6) is 1.46. The minimum Gasteiger partial charge on any atom is -0.374 e. The third kappa shape index (κ3) is 4.39. The smallest absolute Gasteiger partial charge is 0.191 e. The summed E-state index contributed by atoms with van der Waals surface area (Å²) in [5, 5.41) is 16.5. The van der Waals surface area contributed by atoms with Gasteiger partial charge in [0.25, 0.3) is 0 Å². The van der Waals surface area contributed by atoms with Crippen molar-refractivity contribution < 1.29 is 18.8 Å². The Labute approximate surface area is 212 Å². The van der Waals surface area contributed by atoms with Gasteiger partial charge in [0, 0.05) is 24.8 Å². The molecule has 5 nitrogen and oxygen atoms in total. The van der Waals surface area contributed by atoms with Gasteiger partial charge in [-0.05, 0) is 16.7 Å². The van der Waals surface area contributed by atoms with Crippen molar-refractivity contribution in [1.82, 2.24) is 5.16 Å². The van der Waals surface area contributed by atoms with Crippen molar-refractivity contribution in [2.24, 2.45) is 5.92 Å². The molecule has 0 radical (unpaired) electrons. The predicted octanol–water partition coefficient (Wildman–Crippen LogP) is 5.28. The van der Waals surface area contributed by atoms with E-state index in [9.17, 15) is 5.11 Å². The Balaban J connectivity index is 1.23. The molecule has 3 fully saturated rings. The summed E-state index contributed by atoms with van der Waals surface area (Å²) in [5.41, 5.74) is 1.92. The first kappa shape index (κ1) is 23.2. The van der Waals surface area contributed by atoms with E-state index in [4.69, 9.17) is 9.26 Å². The van der Waals surface area contributed by atoms with Crippen LogP contribution in [0.2, 0.25) is 0 Å². The third-order valence-electron chi connectivity index (χ3n) is 8.15. The maximum absolute atomic E-state index is 12.0. The Kier molecular flexibility index (Phi) is 6.22. The second-order valence-electron chi connectivity index (χ2n) is 10.4. The second kappa shape index (κ2) is 9.66. The highest BCUT2D eigenvalue weighted by atomic mass is 16.5. The fourth-order valence-corrected chi connectivity index (χ4v) is 6.12. The van der Waals surface area contributed by atoms with Crippen molar-refractivity contribution in [3.8, 4) is 0 Å². The summed E-state index contributed by atoms with van der Waals surface area (Å²) < 4.78 is 13.3. The zero-order valence-corrected chi connectivity index (χ0v) is 20.5. The molecule has 3 aromatic carbocycles. The van der Waals surface area contributed by atoms with Gasteiger partial charge in [0.15, 0.2) is 11.4 Å². The average Bonchev–Trinajstić information content (AvgIpc) is 3.42. The van der Waals surface area contributed by atoms with E-state index in [-0.39, 0.29) is 6.10 Å². The molecule has 4 aromatic rings. The molecular weight excluding hydrogens is 448 g/mol. The lowest BCUT2D eigenvalue weighted by Gasteiger charge is -2.51. The van der Waals surface area contributed by atoms with Crippen LogP contribution in [0.15, 0.2) is 102 Å². The van der Waals surface area contributed by atoms with Gasteiger partial charge in [-0.3, -0.25) is 0 Å². The number of hydrogen-bond acceptors (Lipinski definition) is 4. The Morgan fingerprint density at radius 3 is 2.06 bits per heavy atom. The lowest BCUT2D eigenvalue weighted by Crippen LogP contribution is -2.63. The maximum Gasteiger partial charge on any atom is 0.191 e. The number of rotatable bonds is 8. The van der Waals surface area contributed by atoms with Crippen molar-refractivity contribution in [2.45, 2.75) is 37.7 Å². The fourth-order valence-electron chi connectivity index (χ4n) is 6.12. The molecule has 5 heteroatoms. The molecule has 1 atom stereocenters. The van der Waals surface area contributed by atoms with Gasteiger partial charge in [-0.15, -0.1) is 0 Å². The number of quaternary nitrogens is 1. The molecular formula is C31H33N2O3+. The molecule has 1 N–H and O–H groups in total. The highest BCUT2D eigenvalue weighted by Crippen LogP contribution is 2.39. The highest BCUT2D eigenvalue weighted by Gasteiger charge is 2.47. The normalized spacial score (nSPS) is 23.6. The molecule has 7 rings (SSSR count). The van der Waals surface area contributed by atoms with Crippen LogP contribution in [0.25, 0.3) is 0 Å². The molecule has 0 aliphatic carbocycles. The summed E-state index contributed by atoms with van der Waals surface area (Å²) in [6.07, 6.45) is 2.62. The van der Waals surface area contributed by atoms with E-state index in [1.54, 1.807) is 0 Å². The molecule has 184 valence electrons. The Hall–Kier alpha value is -3.25. The van der Waals surface area contributed by atoms with Crippen molar-refractivity contribution >= 4 is 0 Å². The first-order chi connectivity index (χ1) is 17.6. The van der Waals surface area contributed by atoms with Crippen LogP contribution in [-0.4, -0.2) is 40.5 Å². The summed E-state index contributed by atoms with van der Waals surface area (Å²) in [6.45, 7) is 4.69. The lowest BCUT2D eigenvalue weighted by molar-refractivity contribution is -0.959. The zero-order chi connectivity index (χ0) is 24.4. The van der Waals surface area contributed by atoms with Crippen molar-refractivity contribution in [3.05, 3.63) is 125 Å². The van der Waals surface area contributed by atoms with Crippen LogP contribution in [-0.2, 0) is 23.5 Å². The molecule has 3 saturated heterocycles. The minimum atomic E-state index is -1.37. The average molecular weight is 482 g/mol. The van der Waals surface area contributed by atoms with E-state index in [2.05, 4.69) is 29.4 Å². The third-order valence-corrected chi connectivity index (χ3v) is 8.15. The number of nitrogens with zero attached hydrogens (tertiary/aromatic N) is 2. The van der Waals surface area contributed by atoms with Gasteiger partial charge in [-0.25, -0.2) is 0 Å². The van der Waals surface area contributed by atoms with Gasteiger partial charge in [-0.1, -0.05) is 96.2 Å². The number of fused-ring (bicyclic) bond motifs is 3. The molecule has 0 saturated carbocycles.